The number of hydrogen-bond acceptors (Lipinski definition) is 0. The van der Waals surface area contributed by atoms with Crippen LogP contribution < -0.4 is 49.6 Å². The fraction of sp³-hybridized carbons (Fsp3) is 0. The van der Waals surface area contributed by atoms with Gasteiger partial charge < -0.3 is 66.1 Å². The Bertz CT molecular complexity index is 11.2. The molecule has 0 bridgehead atoms. The molecule has 0 aliphatic carbocycles. The van der Waals surface area contributed by atoms with Crippen molar-refractivity contribution in [2.24, 2.45) is 0 Å². The van der Waals surface area contributed by atoms with Gasteiger partial charge in [0, 0.05) is 0 Å². The van der Waals surface area contributed by atoms with Crippen molar-refractivity contribution in [3.8, 4) is 0 Å². The summed E-state index contributed by atoms with van der Waals surface area (Å²) in [5, 5.41) is 0. The van der Waals surface area contributed by atoms with E-state index in [1.165, 1.54) is 0 Å². The zero-order valence-corrected chi connectivity index (χ0v) is 8.76. The topological polar surface area (TPSA) is 94.5 Å². The predicted molar refractivity (Wildman–Crippen MR) is 10.8 cm³/mol. The minimum absolute atomic E-state index is 0. The molecular formula is H6Cl4IrO3. The van der Waals surface area contributed by atoms with E-state index in [-0.39, 0.29) is 86.2 Å². The van der Waals surface area contributed by atoms with Crippen LogP contribution in [0.4, 0.5) is 0 Å². The van der Waals surface area contributed by atoms with E-state index in [4.69, 9.17) is 0 Å². The number of rotatable bonds is 0. The molecule has 0 aromatic carbocycles. The summed E-state index contributed by atoms with van der Waals surface area (Å²) in [6, 6.07) is 0. The summed E-state index contributed by atoms with van der Waals surface area (Å²) >= 11 is 0. The third kappa shape index (κ3) is 121. The normalized spacial score (nSPS) is 0. The molecule has 0 saturated heterocycles. The second-order valence-electron chi connectivity index (χ2n) is 0. The molecule has 3 nitrogen and oxygen atoms in total. The molecule has 8 heteroatoms. The van der Waals surface area contributed by atoms with Gasteiger partial charge >= 0.3 is 20.1 Å². The Hall–Kier alpha value is 1.69. The molecule has 0 heterocycles. The zero-order valence-electron chi connectivity index (χ0n) is 3.35. The first-order chi connectivity index (χ1) is 0. The van der Waals surface area contributed by atoms with Crippen LogP contribution in [0.2, 0.25) is 0 Å². The van der Waals surface area contributed by atoms with Gasteiger partial charge in [0.15, 0.2) is 0 Å². The molecule has 0 atom stereocenters. The summed E-state index contributed by atoms with van der Waals surface area (Å²) in [4.78, 5) is 0. The van der Waals surface area contributed by atoms with Crippen LogP contribution in [0.5, 0.6) is 0 Å². The van der Waals surface area contributed by atoms with Crippen LogP contribution in [0.3, 0.4) is 0 Å². The molecule has 6 N–H and O–H groups in total. The van der Waals surface area contributed by atoms with E-state index in [2.05, 4.69) is 0 Å². The Morgan fingerprint density at radius 3 is 0.375 bits per heavy atom. The summed E-state index contributed by atoms with van der Waals surface area (Å²) in [6.45, 7) is 0. The molecule has 0 fully saturated rings. The van der Waals surface area contributed by atoms with Crippen LogP contribution >= 0.6 is 0 Å². The van der Waals surface area contributed by atoms with E-state index in [0.29, 0.717) is 0 Å². The second kappa shape index (κ2) is 180. The van der Waals surface area contributed by atoms with Crippen LogP contribution in [0.15, 0.2) is 0 Å². The van der Waals surface area contributed by atoms with Crippen LogP contribution in [0.1, 0.15) is 0 Å². The van der Waals surface area contributed by atoms with Gasteiger partial charge in [-0.3, -0.25) is 0 Å². The van der Waals surface area contributed by atoms with Gasteiger partial charge in [0.2, 0.25) is 0 Å². The van der Waals surface area contributed by atoms with E-state index >= 15 is 0 Å². The van der Waals surface area contributed by atoms with Gasteiger partial charge in [0.05, 0.1) is 0 Å². The molecule has 0 aromatic heterocycles. The van der Waals surface area contributed by atoms with Crippen molar-refractivity contribution in [2.75, 3.05) is 0 Å². The van der Waals surface area contributed by atoms with Crippen LogP contribution in [0.25, 0.3) is 0 Å². The van der Waals surface area contributed by atoms with E-state index in [1.54, 1.807) is 0 Å². The predicted octanol–water partition coefficient (Wildman–Crippen LogP) is -14.5. The molecule has 61 valence electrons. The van der Waals surface area contributed by atoms with Gasteiger partial charge in [-0.1, -0.05) is 0 Å². The van der Waals surface area contributed by atoms with Crippen LogP contribution in [-0.4, -0.2) is 16.4 Å². The van der Waals surface area contributed by atoms with Gasteiger partial charge in [-0.2, -0.15) is 0 Å². The Balaban J connectivity index is 0. The van der Waals surface area contributed by atoms with Gasteiger partial charge in [-0.05, 0) is 0 Å². The van der Waals surface area contributed by atoms with Gasteiger partial charge in [-0.15, -0.1) is 0 Å². The zero-order chi connectivity index (χ0) is 0. The van der Waals surface area contributed by atoms with Crippen molar-refractivity contribution in [1.29, 1.82) is 0 Å². The molecular weight excluding hydrogens is 382 g/mol. The average molecular weight is 388 g/mol. The monoisotopic (exact) mass is 387 g/mol. The maximum atomic E-state index is 0. The molecule has 0 aromatic rings. The van der Waals surface area contributed by atoms with E-state index in [9.17, 15) is 0 Å². The molecule has 0 aliphatic heterocycles. The standard InChI is InChI=1S/4ClH.Ir.3H2O/h4*1H;;3*1H2/q;;;;+4;;;/p-4. The van der Waals surface area contributed by atoms with Crippen molar-refractivity contribution in [1.82, 2.24) is 0 Å². The summed E-state index contributed by atoms with van der Waals surface area (Å²) < 4.78 is 0. The maximum Gasteiger partial charge on any atom is 4.00 e. The molecule has 0 spiro atoms. The van der Waals surface area contributed by atoms with Gasteiger partial charge in [0.25, 0.3) is 0 Å². The SMILES string of the molecule is O.O.O.[Cl-].[Cl-].[Cl-].[Cl-].[Ir+4]. The quantitative estimate of drug-likeness (QED) is 0.394. The summed E-state index contributed by atoms with van der Waals surface area (Å²) in [6.07, 6.45) is 0. The molecule has 8 heavy (non-hydrogen) atoms. The van der Waals surface area contributed by atoms with Crippen molar-refractivity contribution in [2.45, 2.75) is 0 Å². The number of hydrogen-bond donors (Lipinski definition) is 0. The minimum Gasteiger partial charge on any atom is -1.00 e. The fourth-order valence-electron chi connectivity index (χ4n) is 0. The Morgan fingerprint density at radius 1 is 0.375 bits per heavy atom. The minimum atomic E-state index is 0. The Morgan fingerprint density at radius 2 is 0.375 bits per heavy atom. The fourth-order valence-corrected chi connectivity index (χ4v) is 0. The van der Waals surface area contributed by atoms with Gasteiger partial charge in [-0.25, -0.2) is 0 Å². The molecule has 0 unspecified atom stereocenters. The Kier molecular flexibility index (Phi) is 5770. The van der Waals surface area contributed by atoms with Crippen LogP contribution in [-0.2, 0) is 20.1 Å². The third-order valence-electron chi connectivity index (χ3n) is 0. The van der Waals surface area contributed by atoms with E-state index in [0.717, 1.165) is 0 Å². The van der Waals surface area contributed by atoms with Gasteiger partial charge in [0.1, 0.15) is 0 Å². The molecule has 1 radical (unpaired) electrons. The number of halogens is 4. The smallest absolute Gasteiger partial charge is 1.00 e. The van der Waals surface area contributed by atoms with Crippen molar-refractivity contribution in [3.05, 3.63) is 0 Å². The summed E-state index contributed by atoms with van der Waals surface area (Å²) in [5.74, 6) is 0. The van der Waals surface area contributed by atoms with Crippen molar-refractivity contribution >= 4 is 0 Å². The molecule has 0 amide bonds. The van der Waals surface area contributed by atoms with E-state index in [1.807, 2.05) is 0 Å². The van der Waals surface area contributed by atoms with Crippen LogP contribution in [0, 0.1) is 0 Å². The summed E-state index contributed by atoms with van der Waals surface area (Å²) in [7, 11) is 0. The molecule has 0 rings (SSSR count). The summed E-state index contributed by atoms with van der Waals surface area (Å²) in [5.41, 5.74) is 0. The first-order valence-corrected chi connectivity index (χ1v) is 0. The maximum absolute atomic E-state index is 0. The second-order valence-corrected chi connectivity index (χ2v) is 0. The third-order valence-corrected chi connectivity index (χ3v) is 0. The first-order valence-electron chi connectivity index (χ1n) is 0. The largest absolute Gasteiger partial charge is 4.00 e. The molecule has 0 aliphatic rings. The average Bonchev–Trinajstić information content (AvgIpc) is 0. The van der Waals surface area contributed by atoms with E-state index < -0.39 is 0 Å². The van der Waals surface area contributed by atoms with Crippen molar-refractivity contribution < 1.29 is 86.2 Å². The van der Waals surface area contributed by atoms with Crippen molar-refractivity contribution in [3.63, 3.8) is 0 Å². The first kappa shape index (κ1) is 256. The Labute approximate surface area is 85.9 Å². The molecule has 0 saturated carbocycles.